The Kier molecular flexibility index (Phi) is 6.47. The number of carbonyl (C=O) groups is 3. The molecule has 1 heterocycles. The first-order valence-corrected chi connectivity index (χ1v) is 9.77. The lowest BCUT2D eigenvalue weighted by Crippen LogP contribution is -2.59. The summed E-state index contributed by atoms with van der Waals surface area (Å²) in [6, 6.07) is 5.02. The predicted molar refractivity (Wildman–Crippen MR) is 104 cm³/mol. The quantitative estimate of drug-likeness (QED) is 0.419. The molecule has 1 fully saturated rings. The van der Waals surface area contributed by atoms with Crippen LogP contribution in [0.2, 0.25) is 0 Å². The molecule has 2 aromatic carbocycles. The van der Waals surface area contributed by atoms with E-state index >= 15 is 0 Å². The van der Waals surface area contributed by atoms with E-state index in [1.54, 1.807) is 6.92 Å². The van der Waals surface area contributed by atoms with Gasteiger partial charge in [0, 0.05) is 11.1 Å². The number of hydrogen-bond acceptors (Lipinski definition) is 3. The highest BCUT2D eigenvalue weighted by Gasteiger charge is 2.47. The molecule has 12 heteroatoms. The Labute approximate surface area is 188 Å². The molecule has 0 bridgehead atoms. The Morgan fingerprint density at radius 3 is 1.38 bits per heavy atom. The summed E-state index contributed by atoms with van der Waals surface area (Å²) in [6.07, 6.45) is -5.87. The number of rotatable bonds is 6. The van der Waals surface area contributed by atoms with Gasteiger partial charge in [-0.25, -0.2) is 4.79 Å². The Balaban J connectivity index is 1.82. The number of imide groups is 2. The average Bonchev–Trinajstić information content (AvgIpc) is 2.74. The summed E-state index contributed by atoms with van der Waals surface area (Å²) in [5, 5.41) is 0. The number of barbiturate groups is 1. The maximum atomic E-state index is 14.7. The number of aryl methyl sites for hydroxylation is 1. The number of amides is 4. The monoisotopic (exact) mass is 490 g/mol. The molecule has 5 nitrogen and oxygen atoms in total. The first-order chi connectivity index (χ1) is 15.6. The summed E-state index contributed by atoms with van der Waals surface area (Å²) >= 11 is 0. The maximum absolute atomic E-state index is 14.7. The van der Waals surface area contributed by atoms with Crippen LogP contribution in [-0.2, 0) is 27.6 Å². The molecule has 0 atom stereocenters. The van der Waals surface area contributed by atoms with E-state index in [4.69, 9.17) is 0 Å². The van der Waals surface area contributed by atoms with Gasteiger partial charge in [-0.1, -0.05) is 42.0 Å². The first kappa shape index (κ1) is 25.2. The van der Waals surface area contributed by atoms with Crippen molar-refractivity contribution in [2.75, 3.05) is 13.1 Å². The third-order valence-electron chi connectivity index (χ3n) is 5.19. The molecular formula is C22H17F7N2O3. The topological polar surface area (TPSA) is 57.7 Å². The van der Waals surface area contributed by atoms with Crippen LogP contribution < -0.4 is 0 Å². The molecule has 2 aromatic rings. The first-order valence-electron chi connectivity index (χ1n) is 9.77. The number of halogens is 7. The van der Waals surface area contributed by atoms with Gasteiger partial charge in [-0.3, -0.25) is 19.4 Å². The van der Waals surface area contributed by atoms with Crippen molar-refractivity contribution in [3.05, 3.63) is 70.8 Å². The van der Waals surface area contributed by atoms with Gasteiger partial charge >= 0.3 is 12.2 Å². The normalized spacial score (nSPS) is 15.8. The van der Waals surface area contributed by atoms with E-state index in [0.29, 0.717) is 29.8 Å². The van der Waals surface area contributed by atoms with Gasteiger partial charge in [0.2, 0.25) is 11.8 Å². The zero-order valence-corrected chi connectivity index (χ0v) is 17.5. The molecule has 1 saturated heterocycles. The summed E-state index contributed by atoms with van der Waals surface area (Å²) in [7, 11) is 0. The van der Waals surface area contributed by atoms with Gasteiger partial charge in [-0.05, 0) is 19.1 Å². The van der Waals surface area contributed by atoms with Gasteiger partial charge in [0.1, 0.15) is 6.42 Å². The number of alkyl halides is 7. The highest BCUT2D eigenvalue weighted by Crippen LogP contribution is 2.35. The SMILES string of the molecule is Cc1ccc(C(F)(F)CN2C(=O)CC(=O)N(CC(F)(F)c3ccc(C(F)(F)F)cc3)C2=O)cc1. The van der Waals surface area contributed by atoms with Crippen LogP contribution in [0.4, 0.5) is 35.5 Å². The Morgan fingerprint density at radius 1 is 0.647 bits per heavy atom. The number of hydrogen-bond donors (Lipinski definition) is 0. The summed E-state index contributed by atoms with van der Waals surface area (Å²) in [4.78, 5) is 36.8. The fraction of sp³-hybridized carbons (Fsp3) is 0.318. The Bertz CT molecular complexity index is 1100. The van der Waals surface area contributed by atoms with Gasteiger partial charge in [0.25, 0.3) is 11.8 Å². The molecule has 1 aliphatic rings. The Morgan fingerprint density at radius 2 is 1.00 bits per heavy atom. The van der Waals surface area contributed by atoms with Gasteiger partial charge in [0.05, 0.1) is 18.7 Å². The fourth-order valence-electron chi connectivity index (χ4n) is 3.27. The van der Waals surface area contributed by atoms with Crippen molar-refractivity contribution in [3.63, 3.8) is 0 Å². The van der Waals surface area contributed by atoms with Crippen molar-refractivity contribution < 1.29 is 45.1 Å². The number of carbonyl (C=O) groups excluding carboxylic acids is 3. The number of urea groups is 1. The fourth-order valence-corrected chi connectivity index (χ4v) is 3.27. The highest BCUT2D eigenvalue weighted by atomic mass is 19.4. The molecule has 34 heavy (non-hydrogen) atoms. The van der Waals surface area contributed by atoms with Crippen molar-refractivity contribution in [3.8, 4) is 0 Å². The van der Waals surface area contributed by atoms with Crippen LogP contribution in [0.3, 0.4) is 0 Å². The summed E-state index contributed by atoms with van der Waals surface area (Å²) in [5.41, 5.74) is -1.98. The number of nitrogens with zero attached hydrogens (tertiary/aromatic N) is 2. The minimum absolute atomic E-state index is 0.0179. The van der Waals surface area contributed by atoms with Crippen LogP contribution in [0, 0.1) is 6.92 Å². The van der Waals surface area contributed by atoms with Gasteiger partial charge in [0.15, 0.2) is 0 Å². The van der Waals surface area contributed by atoms with Gasteiger partial charge in [-0.15, -0.1) is 0 Å². The second-order valence-electron chi connectivity index (χ2n) is 7.77. The van der Waals surface area contributed by atoms with E-state index < -0.39 is 72.1 Å². The zero-order valence-electron chi connectivity index (χ0n) is 17.5. The van der Waals surface area contributed by atoms with E-state index in [-0.39, 0.29) is 9.80 Å². The van der Waals surface area contributed by atoms with Crippen LogP contribution in [0.25, 0.3) is 0 Å². The second-order valence-corrected chi connectivity index (χ2v) is 7.77. The molecule has 4 amide bonds. The lowest BCUT2D eigenvalue weighted by molar-refractivity contribution is -0.149. The largest absolute Gasteiger partial charge is 0.416 e. The van der Waals surface area contributed by atoms with E-state index in [9.17, 15) is 45.1 Å². The molecule has 0 aliphatic carbocycles. The van der Waals surface area contributed by atoms with E-state index in [2.05, 4.69) is 0 Å². The average molecular weight is 490 g/mol. The van der Waals surface area contributed by atoms with Crippen LogP contribution in [0.1, 0.15) is 28.7 Å². The highest BCUT2D eigenvalue weighted by molar-refractivity contribution is 6.14. The smallest absolute Gasteiger partial charge is 0.274 e. The van der Waals surface area contributed by atoms with Crippen LogP contribution >= 0.6 is 0 Å². The molecule has 1 aliphatic heterocycles. The molecule has 182 valence electrons. The van der Waals surface area contributed by atoms with Crippen LogP contribution in [0.5, 0.6) is 0 Å². The van der Waals surface area contributed by atoms with Crippen molar-refractivity contribution >= 4 is 17.8 Å². The predicted octanol–water partition coefficient (Wildman–Crippen LogP) is 5.08. The molecule has 0 spiro atoms. The summed E-state index contributed by atoms with van der Waals surface area (Å²) < 4.78 is 96.8. The zero-order chi connectivity index (χ0) is 25.5. The van der Waals surface area contributed by atoms with Gasteiger partial charge < -0.3 is 0 Å². The van der Waals surface area contributed by atoms with Gasteiger partial charge in [-0.2, -0.15) is 30.7 Å². The maximum Gasteiger partial charge on any atom is 0.416 e. The molecule has 0 radical (unpaired) electrons. The molecule has 0 N–H and O–H groups in total. The van der Waals surface area contributed by atoms with E-state index in [1.807, 2.05) is 0 Å². The molecule has 0 saturated carbocycles. The molecule has 0 unspecified atom stereocenters. The van der Waals surface area contributed by atoms with E-state index in [1.165, 1.54) is 12.1 Å². The second kappa shape index (κ2) is 8.73. The summed E-state index contributed by atoms with van der Waals surface area (Å²) in [5.74, 6) is -10.4. The molecule has 3 rings (SSSR count). The minimum Gasteiger partial charge on any atom is -0.274 e. The lowest BCUT2D eigenvalue weighted by atomic mass is 10.0. The van der Waals surface area contributed by atoms with Crippen molar-refractivity contribution in [1.82, 2.24) is 9.80 Å². The minimum atomic E-state index is -4.77. The molecule has 0 aromatic heterocycles. The standard InChI is InChI=1S/C22H17F7N2O3/c1-13-2-4-14(5-3-13)20(23,24)11-30-17(32)10-18(33)31(19(30)34)12-21(25,26)15-6-8-16(9-7-15)22(27,28)29/h2-9H,10-12H2,1H3. The van der Waals surface area contributed by atoms with Crippen LogP contribution in [0.15, 0.2) is 48.5 Å². The van der Waals surface area contributed by atoms with E-state index in [0.717, 1.165) is 12.1 Å². The van der Waals surface area contributed by atoms with Crippen molar-refractivity contribution in [2.24, 2.45) is 0 Å². The van der Waals surface area contributed by atoms with Crippen LogP contribution in [-0.4, -0.2) is 40.7 Å². The summed E-state index contributed by atoms with van der Waals surface area (Å²) in [6.45, 7) is -1.47. The Hall–Kier alpha value is -3.44. The van der Waals surface area contributed by atoms with Crippen molar-refractivity contribution in [1.29, 1.82) is 0 Å². The third kappa shape index (κ3) is 5.20. The van der Waals surface area contributed by atoms with Crippen molar-refractivity contribution in [2.45, 2.75) is 31.4 Å². The molecular weight excluding hydrogens is 473 g/mol. The number of benzene rings is 2. The lowest BCUT2D eigenvalue weighted by Gasteiger charge is -2.36. The third-order valence-corrected chi connectivity index (χ3v) is 5.19.